The number of nitrogens with one attached hydrogen (secondary N) is 3. The van der Waals surface area contributed by atoms with Crippen LogP contribution in [0, 0.1) is 6.92 Å². The number of likely N-dealkylation sites (tertiary alicyclic amines) is 1. The molecule has 2 aliphatic rings. The normalized spacial score (nSPS) is 16.5. The second kappa shape index (κ2) is 8.85. The molecule has 2 aliphatic heterocycles. The molecule has 160 valence electrons. The van der Waals surface area contributed by atoms with Gasteiger partial charge in [0, 0.05) is 32.1 Å². The van der Waals surface area contributed by atoms with E-state index in [4.69, 9.17) is 4.98 Å². The van der Waals surface area contributed by atoms with Crippen LogP contribution in [0.2, 0.25) is 0 Å². The van der Waals surface area contributed by atoms with E-state index in [1.807, 2.05) is 28.9 Å². The van der Waals surface area contributed by atoms with Gasteiger partial charge >= 0.3 is 0 Å². The molecule has 1 fully saturated rings. The number of carbonyl (C=O) groups excluding carboxylic acids is 1. The van der Waals surface area contributed by atoms with Crippen LogP contribution in [0.15, 0.2) is 30.5 Å². The van der Waals surface area contributed by atoms with Crippen LogP contribution in [0.4, 0.5) is 23.1 Å². The van der Waals surface area contributed by atoms with Crippen LogP contribution in [0.25, 0.3) is 0 Å². The predicted octanol–water partition coefficient (Wildman–Crippen LogP) is 2.12. The van der Waals surface area contributed by atoms with Crippen molar-refractivity contribution in [3.05, 3.63) is 36.0 Å². The lowest BCUT2D eigenvalue weighted by atomic mass is 10.0. The molecule has 1 aromatic heterocycles. The van der Waals surface area contributed by atoms with E-state index in [0.717, 1.165) is 49.7 Å². The summed E-state index contributed by atoms with van der Waals surface area (Å²) in [5.41, 5.74) is 9.29. The summed E-state index contributed by atoms with van der Waals surface area (Å²) in [6, 6.07) is 8.51. The van der Waals surface area contributed by atoms with Crippen LogP contribution < -0.4 is 21.3 Å². The monoisotopic (exact) mass is 410 g/mol. The number of anilines is 4. The average Bonchev–Trinajstić information content (AvgIpc) is 3.16. The van der Waals surface area contributed by atoms with Gasteiger partial charge in [0.05, 0.1) is 11.9 Å². The van der Waals surface area contributed by atoms with Crippen molar-refractivity contribution in [2.45, 2.75) is 32.2 Å². The molecular formula is C21H30N8O. The van der Waals surface area contributed by atoms with Crippen molar-refractivity contribution in [3.63, 3.8) is 0 Å². The molecule has 0 atom stereocenters. The largest absolute Gasteiger partial charge is 0.351 e. The molecule has 0 unspecified atom stereocenters. The van der Waals surface area contributed by atoms with Gasteiger partial charge in [0.2, 0.25) is 11.9 Å². The first kappa shape index (κ1) is 20.4. The number of piperidine rings is 1. The van der Waals surface area contributed by atoms with Crippen LogP contribution in [0.3, 0.4) is 0 Å². The van der Waals surface area contributed by atoms with Gasteiger partial charge in [-0.3, -0.25) is 10.2 Å². The third-order valence-corrected chi connectivity index (χ3v) is 5.53. The number of benzene rings is 1. The van der Waals surface area contributed by atoms with Crippen molar-refractivity contribution < 1.29 is 4.79 Å². The Bertz CT molecular complexity index is 877. The number of carbonyl (C=O) groups is 1. The number of hydrogen-bond donors (Lipinski definition) is 3. The molecule has 0 bridgehead atoms. The van der Waals surface area contributed by atoms with Crippen LogP contribution in [0.5, 0.6) is 0 Å². The van der Waals surface area contributed by atoms with Crippen LogP contribution in [-0.2, 0) is 4.79 Å². The summed E-state index contributed by atoms with van der Waals surface area (Å²) in [7, 11) is 3.98. The predicted molar refractivity (Wildman–Crippen MR) is 119 cm³/mol. The molecule has 30 heavy (non-hydrogen) atoms. The average molecular weight is 411 g/mol. The first-order valence-corrected chi connectivity index (χ1v) is 10.4. The summed E-state index contributed by atoms with van der Waals surface area (Å²) in [6.07, 6.45) is 4.15. The summed E-state index contributed by atoms with van der Waals surface area (Å²) < 4.78 is 0. The second-order valence-corrected chi connectivity index (χ2v) is 8.19. The molecule has 1 aromatic carbocycles. The van der Waals surface area contributed by atoms with E-state index in [-0.39, 0.29) is 11.9 Å². The topological polar surface area (TPSA) is 88.7 Å². The van der Waals surface area contributed by atoms with Gasteiger partial charge in [0.15, 0.2) is 5.82 Å². The lowest BCUT2D eigenvalue weighted by molar-refractivity contribution is -0.132. The molecule has 0 aliphatic carbocycles. The van der Waals surface area contributed by atoms with E-state index >= 15 is 0 Å². The summed E-state index contributed by atoms with van der Waals surface area (Å²) in [5, 5.41) is 5.36. The third-order valence-electron chi connectivity index (χ3n) is 5.53. The fourth-order valence-corrected chi connectivity index (χ4v) is 3.68. The van der Waals surface area contributed by atoms with Gasteiger partial charge in [0.1, 0.15) is 5.69 Å². The van der Waals surface area contributed by atoms with Crippen molar-refractivity contribution in [1.82, 2.24) is 25.3 Å². The Hall–Kier alpha value is -2.91. The molecule has 3 heterocycles. The van der Waals surface area contributed by atoms with Crippen molar-refractivity contribution >= 4 is 29.0 Å². The minimum Gasteiger partial charge on any atom is -0.351 e. The fraction of sp³-hybridized carbons (Fsp3) is 0.476. The Kier molecular flexibility index (Phi) is 6.01. The number of nitrogens with zero attached hydrogens (tertiary/aromatic N) is 5. The number of rotatable bonds is 6. The minimum absolute atomic E-state index is 0.238. The lowest BCUT2D eigenvalue weighted by Gasteiger charge is -2.32. The van der Waals surface area contributed by atoms with E-state index in [0.29, 0.717) is 12.4 Å². The maximum atomic E-state index is 12.3. The molecule has 3 N–H and O–H groups in total. The van der Waals surface area contributed by atoms with Crippen LogP contribution >= 0.6 is 0 Å². The highest BCUT2D eigenvalue weighted by molar-refractivity contribution is 5.77. The Labute approximate surface area is 177 Å². The SMILES string of the molecule is Cc1ccc(N2NNc3cnc(NC4CCN(C(=O)CCN(C)C)CC4)nc32)cc1. The van der Waals surface area contributed by atoms with Gasteiger partial charge in [-0.05, 0) is 46.0 Å². The first-order chi connectivity index (χ1) is 14.5. The summed E-state index contributed by atoms with van der Waals surface area (Å²) in [5.74, 6) is 1.63. The first-order valence-electron chi connectivity index (χ1n) is 10.4. The Morgan fingerprint density at radius 3 is 2.67 bits per heavy atom. The van der Waals surface area contributed by atoms with Crippen molar-refractivity contribution in [2.75, 3.05) is 49.5 Å². The smallest absolute Gasteiger partial charge is 0.225 e. The minimum atomic E-state index is 0.238. The van der Waals surface area contributed by atoms with Crippen molar-refractivity contribution in [1.29, 1.82) is 0 Å². The number of hydrogen-bond acceptors (Lipinski definition) is 8. The van der Waals surface area contributed by atoms with E-state index in [1.54, 1.807) is 6.20 Å². The fourth-order valence-electron chi connectivity index (χ4n) is 3.68. The zero-order valence-electron chi connectivity index (χ0n) is 17.9. The maximum absolute atomic E-state index is 12.3. The highest BCUT2D eigenvalue weighted by Crippen LogP contribution is 2.33. The molecule has 9 heteroatoms. The number of amides is 1. The zero-order valence-corrected chi connectivity index (χ0v) is 17.9. The van der Waals surface area contributed by atoms with Crippen LogP contribution in [-0.4, -0.2) is 65.4 Å². The third kappa shape index (κ3) is 4.63. The van der Waals surface area contributed by atoms with Gasteiger partial charge in [-0.2, -0.15) is 4.98 Å². The Balaban J connectivity index is 1.36. The zero-order chi connectivity index (χ0) is 21.1. The van der Waals surface area contributed by atoms with Gasteiger partial charge in [-0.1, -0.05) is 17.7 Å². The molecule has 2 aromatic rings. The summed E-state index contributed by atoms with van der Waals surface area (Å²) in [4.78, 5) is 25.5. The molecule has 9 nitrogen and oxygen atoms in total. The van der Waals surface area contributed by atoms with E-state index in [1.165, 1.54) is 5.56 Å². The second-order valence-electron chi connectivity index (χ2n) is 8.19. The Morgan fingerprint density at radius 2 is 1.97 bits per heavy atom. The highest BCUT2D eigenvalue weighted by atomic mass is 16.2. The van der Waals surface area contributed by atoms with Gasteiger partial charge < -0.3 is 15.1 Å². The number of fused-ring (bicyclic) bond motifs is 1. The molecule has 0 spiro atoms. The molecule has 1 saturated heterocycles. The van der Waals surface area contributed by atoms with Gasteiger partial charge in [0.25, 0.3) is 0 Å². The quantitative estimate of drug-likeness (QED) is 0.668. The standard InChI is InChI=1S/C21H30N8O/c1-15-4-6-17(7-5-15)29-20-18(25-26-29)14-22-21(24-20)23-16-8-12-28(13-9-16)19(30)10-11-27(2)3/h4-7,14,16,25-26H,8-13H2,1-3H3,(H,22,23,24). The number of aryl methyl sites for hydroxylation is 1. The molecule has 1 amide bonds. The van der Waals surface area contributed by atoms with Gasteiger partial charge in [-0.25, -0.2) is 9.99 Å². The summed E-state index contributed by atoms with van der Waals surface area (Å²) in [6.45, 7) is 4.40. The van der Waals surface area contributed by atoms with E-state index in [9.17, 15) is 4.79 Å². The number of aromatic nitrogens is 2. The highest BCUT2D eigenvalue weighted by Gasteiger charge is 2.26. The van der Waals surface area contributed by atoms with E-state index in [2.05, 4.69) is 52.5 Å². The van der Waals surface area contributed by atoms with Crippen molar-refractivity contribution in [2.24, 2.45) is 0 Å². The molecule has 0 radical (unpaired) electrons. The number of hydrazine groups is 2. The lowest BCUT2D eigenvalue weighted by Crippen LogP contribution is -2.43. The van der Waals surface area contributed by atoms with E-state index < -0.39 is 0 Å². The van der Waals surface area contributed by atoms with Crippen LogP contribution in [0.1, 0.15) is 24.8 Å². The Morgan fingerprint density at radius 1 is 1.23 bits per heavy atom. The molecule has 0 saturated carbocycles. The van der Waals surface area contributed by atoms with Crippen molar-refractivity contribution in [3.8, 4) is 0 Å². The molecule has 4 rings (SSSR count). The van der Waals surface area contributed by atoms with Gasteiger partial charge in [-0.15, -0.1) is 5.53 Å². The molecular weight excluding hydrogens is 380 g/mol. The summed E-state index contributed by atoms with van der Waals surface area (Å²) >= 11 is 0. The maximum Gasteiger partial charge on any atom is 0.225 e.